The molecular formula is C13H11FN2O2S. The molecule has 0 unspecified atom stereocenters. The highest BCUT2D eigenvalue weighted by Crippen LogP contribution is 2.10. The van der Waals surface area contributed by atoms with Crippen molar-refractivity contribution in [1.29, 1.82) is 0 Å². The van der Waals surface area contributed by atoms with Crippen LogP contribution in [0.25, 0.3) is 0 Å². The molecule has 1 aromatic carbocycles. The molecular weight excluding hydrogens is 267 g/mol. The van der Waals surface area contributed by atoms with Gasteiger partial charge in [0.05, 0.1) is 6.21 Å². The fraction of sp³-hybridized carbons (Fsp3) is 0.0769. The monoisotopic (exact) mass is 278 g/mol. The van der Waals surface area contributed by atoms with Crippen LogP contribution in [-0.4, -0.2) is 18.7 Å². The maximum absolute atomic E-state index is 12.6. The average molecular weight is 278 g/mol. The molecule has 0 aliphatic heterocycles. The van der Waals surface area contributed by atoms with Crippen molar-refractivity contribution >= 4 is 23.5 Å². The quantitative estimate of drug-likeness (QED) is 0.674. The van der Waals surface area contributed by atoms with Gasteiger partial charge in [0.25, 0.3) is 5.91 Å². The second-order valence-electron chi connectivity index (χ2n) is 3.55. The lowest BCUT2D eigenvalue weighted by Crippen LogP contribution is -2.24. The van der Waals surface area contributed by atoms with Crippen LogP contribution in [0.4, 0.5) is 4.39 Å². The number of hydrogen-bond donors (Lipinski definition) is 1. The Morgan fingerprint density at radius 1 is 1.37 bits per heavy atom. The van der Waals surface area contributed by atoms with Gasteiger partial charge >= 0.3 is 0 Å². The van der Waals surface area contributed by atoms with Gasteiger partial charge in [-0.3, -0.25) is 4.79 Å². The Hall–Kier alpha value is -2.21. The molecule has 2 rings (SSSR count). The lowest BCUT2D eigenvalue weighted by molar-refractivity contribution is -0.123. The van der Waals surface area contributed by atoms with Gasteiger partial charge in [-0.2, -0.15) is 5.10 Å². The van der Waals surface area contributed by atoms with Gasteiger partial charge in [0.2, 0.25) is 0 Å². The zero-order valence-corrected chi connectivity index (χ0v) is 10.7. The molecule has 1 amide bonds. The molecule has 0 saturated heterocycles. The molecule has 19 heavy (non-hydrogen) atoms. The number of ether oxygens (including phenoxy) is 1. The first kappa shape index (κ1) is 13.2. The van der Waals surface area contributed by atoms with Crippen molar-refractivity contribution in [3.8, 4) is 5.75 Å². The predicted octanol–water partition coefficient (Wildman–Crippen LogP) is 2.42. The van der Waals surface area contributed by atoms with Gasteiger partial charge in [-0.25, -0.2) is 9.82 Å². The van der Waals surface area contributed by atoms with E-state index < -0.39 is 0 Å². The Morgan fingerprint density at radius 2 is 2.16 bits per heavy atom. The topological polar surface area (TPSA) is 50.7 Å². The van der Waals surface area contributed by atoms with Crippen molar-refractivity contribution in [2.24, 2.45) is 5.10 Å². The molecule has 0 radical (unpaired) electrons. The SMILES string of the molecule is O=C(COc1ccc(F)cc1)N/N=C\c1cccs1. The van der Waals surface area contributed by atoms with Crippen molar-refractivity contribution in [3.05, 3.63) is 52.5 Å². The number of carbonyl (C=O) groups excluding carboxylic acids is 1. The van der Waals surface area contributed by atoms with E-state index >= 15 is 0 Å². The molecule has 0 aliphatic rings. The Balaban J connectivity index is 1.74. The van der Waals surface area contributed by atoms with E-state index in [1.165, 1.54) is 35.6 Å². The highest BCUT2D eigenvalue weighted by molar-refractivity contribution is 7.11. The number of rotatable bonds is 5. The number of nitrogens with one attached hydrogen (secondary N) is 1. The van der Waals surface area contributed by atoms with E-state index in [9.17, 15) is 9.18 Å². The Kier molecular flexibility index (Phi) is 4.63. The standard InChI is InChI=1S/C13H11FN2O2S/c14-10-3-5-11(6-4-10)18-9-13(17)16-15-8-12-2-1-7-19-12/h1-8H,9H2,(H,16,17)/b15-8-. The van der Waals surface area contributed by atoms with Crippen molar-refractivity contribution in [1.82, 2.24) is 5.43 Å². The maximum Gasteiger partial charge on any atom is 0.277 e. The third kappa shape index (κ3) is 4.51. The zero-order chi connectivity index (χ0) is 13.5. The van der Waals surface area contributed by atoms with Gasteiger partial charge in [0.15, 0.2) is 6.61 Å². The molecule has 0 aliphatic carbocycles. The highest BCUT2D eigenvalue weighted by Gasteiger charge is 2.01. The summed E-state index contributed by atoms with van der Waals surface area (Å²) < 4.78 is 17.8. The molecule has 1 heterocycles. The van der Waals surface area contributed by atoms with Gasteiger partial charge in [-0.15, -0.1) is 11.3 Å². The number of thiophene rings is 1. The number of hydrazone groups is 1. The van der Waals surface area contributed by atoms with Gasteiger partial charge in [0.1, 0.15) is 11.6 Å². The van der Waals surface area contributed by atoms with Crippen molar-refractivity contribution in [3.63, 3.8) is 0 Å². The first-order valence-electron chi connectivity index (χ1n) is 5.48. The van der Waals surface area contributed by atoms with Crippen LogP contribution in [0.15, 0.2) is 46.9 Å². The number of hydrogen-bond acceptors (Lipinski definition) is 4. The normalized spacial score (nSPS) is 10.6. The Bertz CT molecular complexity index is 553. The van der Waals surface area contributed by atoms with Crippen LogP contribution < -0.4 is 10.2 Å². The molecule has 2 aromatic rings. The summed E-state index contributed by atoms with van der Waals surface area (Å²) in [4.78, 5) is 12.3. The van der Waals surface area contributed by atoms with E-state index in [1.807, 2.05) is 17.5 Å². The Labute approximate surface area is 113 Å². The lowest BCUT2D eigenvalue weighted by atomic mass is 10.3. The number of nitrogens with zero attached hydrogens (tertiary/aromatic N) is 1. The van der Waals surface area contributed by atoms with Crippen molar-refractivity contribution in [2.75, 3.05) is 6.61 Å². The minimum absolute atomic E-state index is 0.173. The van der Waals surface area contributed by atoms with Gasteiger partial charge in [-0.1, -0.05) is 6.07 Å². The van der Waals surface area contributed by atoms with Crippen LogP contribution >= 0.6 is 11.3 Å². The molecule has 98 valence electrons. The molecule has 0 spiro atoms. The van der Waals surface area contributed by atoms with Crippen LogP contribution in [0.1, 0.15) is 4.88 Å². The second-order valence-corrected chi connectivity index (χ2v) is 4.53. The zero-order valence-electron chi connectivity index (χ0n) is 9.88. The van der Waals surface area contributed by atoms with E-state index in [1.54, 1.807) is 6.21 Å². The summed E-state index contributed by atoms with van der Waals surface area (Å²) >= 11 is 1.52. The Morgan fingerprint density at radius 3 is 2.84 bits per heavy atom. The van der Waals surface area contributed by atoms with E-state index in [4.69, 9.17) is 4.74 Å². The van der Waals surface area contributed by atoms with Crippen LogP contribution in [0.2, 0.25) is 0 Å². The fourth-order valence-corrected chi connectivity index (χ4v) is 1.83. The van der Waals surface area contributed by atoms with E-state index in [2.05, 4.69) is 10.5 Å². The highest BCUT2D eigenvalue weighted by atomic mass is 32.1. The maximum atomic E-state index is 12.6. The van der Waals surface area contributed by atoms with Crippen LogP contribution in [-0.2, 0) is 4.79 Å². The van der Waals surface area contributed by atoms with E-state index in [-0.39, 0.29) is 18.3 Å². The third-order valence-corrected chi connectivity index (χ3v) is 2.91. The van der Waals surface area contributed by atoms with E-state index in [0.29, 0.717) is 5.75 Å². The minimum atomic E-state index is -0.378. The molecule has 0 bridgehead atoms. The molecule has 1 aromatic heterocycles. The summed E-state index contributed by atoms with van der Waals surface area (Å²) in [7, 11) is 0. The summed E-state index contributed by atoms with van der Waals surface area (Å²) in [5.41, 5.74) is 2.34. The molecule has 6 heteroatoms. The summed E-state index contributed by atoms with van der Waals surface area (Å²) in [6.45, 7) is -0.173. The van der Waals surface area contributed by atoms with Gasteiger partial charge in [0, 0.05) is 4.88 Å². The number of amides is 1. The molecule has 0 fully saturated rings. The number of benzene rings is 1. The summed E-state index contributed by atoms with van der Waals surface area (Å²) in [5.74, 6) is -0.298. The minimum Gasteiger partial charge on any atom is -0.484 e. The first-order chi connectivity index (χ1) is 9.24. The number of halogens is 1. The molecule has 0 atom stereocenters. The predicted molar refractivity (Wildman–Crippen MR) is 72.0 cm³/mol. The largest absolute Gasteiger partial charge is 0.484 e. The van der Waals surface area contributed by atoms with Crippen LogP contribution in [0.5, 0.6) is 5.75 Å². The van der Waals surface area contributed by atoms with Crippen molar-refractivity contribution < 1.29 is 13.9 Å². The molecule has 0 saturated carbocycles. The van der Waals surface area contributed by atoms with Crippen LogP contribution in [0.3, 0.4) is 0 Å². The molecule has 1 N–H and O–H groups in total. The van der Waals surface area contributed by atoms with Gasteiger partial charge < -0.3 is 4.74 Å². The third-order valence-electron chi connectivity index (χ3n) is 2.11. The average Bonchev–Trinajstić information content (AvgIpc) is 2.91. The van der Waals surface area contributed by atoms with E-state index in [0.717, 1.165) is 4.88 Å². The fourth-order valence-electron chi connectivity index (χ4n) is 1.24. The van der Waals surface area contributed by atoms with Crippen molar-refractivity contribution in [2.45, 2.75) is 0 Å². The molecule has 4 nitrogen and oxygen atoms in total. The first-order valence-corrected chi connectivity index (χ1v) is 6.36. The summed E-state index contributed by atoms with van der Waals surface area (Å²) in [6.07, 6.45) is 1.56. The van der Waals surface area contributed by atoms with Crippen LogP contribution in [0, 0.1) is 5.82 Å². The number of carbonyl (C=O) groups is 1. The second kappa shape index (κ2) is 6.65. The summed E-state index contributed by atoms with van der Waals surface area (Å²) in [5, 5.41) is 5.70. The lowest BCUT2D eigenvalue weighted by Gasteiger charge is -2.04. The van der Waals surface area contributed by atoms with Gasteiger partial charge in [-0.05, 0) is 35.7 Å². The summed E-state index contributed by atoms with van der Waals surface area (Å²) in [6, 6.07) is 9.22. The smallest absolute Gasteiger partial charge is 0.277 e.